The van der Waals surface area contributed by atoms with Crippen molar-refractivity contribution in [2.24, 2.45) is 0 Å². The minimum absolute atomic E-state index is 0.0470. The zero-order valence-electron chi connectivity index (χ0n) is 18.2. The van der Waals surface area contributed by atoms with Crippen molar-refractivity contribution in [3.8, 4) is 28.2 Å². The Hall–Kier alpha value is -3.18. The van der Waals surface area contributed by atoms with Crippen molar-refractivity contribution in [2.75, 3.05) is 5.75 Å². The molecule has 0 saturated heterocycles. The first kappa shape index (κ1) is 23.6. The molecule has 0 radical (unpaired) electrons. The van der Waals surface area contributed by atoms with Crippen molar-refractivity contribution in [2.45, 2.75) is 28.6 Å². The molecule has 0 saturated carbocycles. The van der Waals surface area contributed by atoms with Crippen LogP contribution in [-0.4, -0.2) is 28.7 Å². The van der Waals surface area contributed by atoms with E-state index in [1.54, 1.807) is 10.6 Å². The topological polar surface area (TPSA) is 64.8 Å². The van der Waals surface area contributed by atoms with Crippen molar-refractivity contribution < 1.29 is 26.0 Å². The van der Waals surface area contributed by atoms with Gasteiger partial charge in [0.2, 0.25) is 0 Å². The fourth-order valence-electron chi connectivity index (χ4n) is 3.90. The third-order valence-electron chi connectivity index (χ3n) is 5.67. The lowest BCUT2D eigenvalue weighted by atomic mass is 10.1. The van der Waals surface area contributed by atoms with E-state index in [4.69, 9.17) is 0 Å². The third kappa shape index (κ3) is 4.23. The van der Waals surface area contributed by atoms with Crippen molar-refractivity contribution in [3.05, 3.63) is 78.1 Å². The molecule has 11 heteroatoms. The van der Waals surface area contributed by atoms with Gasteiger partial charge in [-0.05, 0) is 35.9 Å². The monoisotopic (exact) mass is 519 g/mol. The Bertz CT molecular complexity index is 1550. The Balaban J connectivity index is 1.66. The van der Waals surface area contributed by atoms with Crippen LogP contribution in [0.1, 0.15) is 18.3 Å². The molecule has 1 aliphatic rings. The summed E-state index contributed by atoms with van der Waals surface area (Å²) in [4.78, 5) is 8.95. The molecule has 0 N–H and O–H groups in total. The summed E-state index contributed by atoms with van der Waals surface area (Å²) in [6.45, 7) is 1.51. The van der Waals surface area contributed by atoms with E-state index < -0.39 is 27.4 Å². The quantitative estimate of drug-likeness (QED) is 0.302. The van der Waals surface area contributed by atoms with Crippen LogP contribution in [0.25, 0.3) is 28.2 Å². The zero-order chi connectivity index (χ0) is 25.0. The van der Waals surface area contributed by atoms with Gasteiger partial charge in [0.1, 0.15) is 23.0 Å². The SMILES string of the molecule is CCS(=O)(=O)c1cc(-c2ccc(F)cc2)cnc1-c1cn2c(n1)CSc1c-2cccc1C(F)(F)F. The van der Waals surface area contributed by atoms with Crippen LogP contribution in [-0.2, 0) is 21.8 Å². The zero-order valence-corrected chi connectivity index (χ0v) is 19.8. The Morgan fingerprint density at radius 2 is 1.83 bits per heavy atom. The summed E-state index contributed by atoms with van der Waals surface area (Å²) in [7, 11) is -3.74. The summed E-state index contributed by atoms with van der Waals surface area (Å²) in [5, 5.41) is 0. The number of benzene rings is 2. The highest BCUT2D eigenvalue weighted by molar-refractivity contribution is 7.98. The normalized spacial score (nSPS) is 13.4. The number of aromatic nitrogens is 3. The number of alkyl halides is 3. The molecule has 4 aromatic rings. The summed E-state index contributed by atoms with van der Waals surface area (Å²) in [5.41, 5.74) is 1.03. The summed E-state index contributed by atoms with van der Waals surface area (Å²) < 4.78 is 81.3. The second-order valence-electron chi connectivity index (χ2n) is 7.83. The van der Waals surface area contributed by atoms with Crippen molar-refractivity contribution in [1.29, 1.82) is 0 Å². The van der Waals surface area contributed by atoms with Gasteiger partial charge in [-0.3, -0.25) is 4.98 Å². The lowest BCUT2D eigenvalue weighted by Crippen LogP contribution is -2.13. The Kier molecular flexibility index (Phi) is 5.71. The predicted molar refractivity (Wildman–Crippen MR) is 124 cm³/mol. The molecule has 2 aromatic carbocycles. The van der Waals surface area contributed by atoms with Gasteiger partial charge in [-0.1, -0.05) is 25.1 Å². The number of thioether (sulfide) groups is 1. The molecule has 0 amide bonds. The molecule has 1 aliphatic heterocycles. The van der Waals surface area contributed by atoms with Crippen LogP contribution in [0, 0.1) is 5.82 Å². The van der Waals surface area contributed by atoms with Crippen LogP contribution in [0.3, 0.4) is 0 Å². The average Bonchev–Trinajstić information content (AvgIpc) is 3.28. The van der Waals surface area contributed by atoms with Gasteiger partial charge in [-0.2, -0.15) is 13.2 Å². The van der Waals surface area contributed by atoms with Crippen LogP contribution in [0.15, 0.2) is 70.7 Å². The summed E-state index contributed by atoms with van der Waals surface area (Å²) >= 11 is 1.04. The molecule has 0 aliphatic carbocycles. The second-order valence-corrected chi connectivity index (χ2v) is 11.1. The highest BCUT2D eigenvalue weighted by Gasteiger charge is 2.36. The van der Waals surface area contributed by atoms with E-state index in [2.05, 4.69) is 9.97 Å². The number of pyridine rings is 1. The highest BCUT2D eigenvalue weighted by atomic mass is 32.2. The maximum atomic E-state index is 13.5. The first-order valence-corrected chi connectivity index (χ1v) is 13.1. The van der Waals surface area contributed by atoms with Gasteiger partial charge in [0.25, 0.3) is 0 Å². The smallest absolute Gasteiger partial charge is 0.301 e. The first-order chi connectivity index (χ1) is 16.6. The minimum atomic E-state index is -4.50. The van der Waals surface area contributed by atoms with Crippen molar-refractivity contribution >= 4 is 21.6 Å². The molecule has 0 unspecified atom stereocenters. The third-order valence-corrected chi connectivity index (χ3v) is 8.53. The van der Waals surface area contributed by atoms with Gasteiger partial charge in [-0.15, -0.1) is 11.8 Å². The van der Waals surface area contributed by atoms with Gasteiger partial charge in [0.05, 0.1) is 27.7 Å². The van der Waals surface area contributed by atoms with Gasteiger partial charge in [0.15, 0.2) is 9.84 Å². The second kappa shape index (κ2) is 8.49. The predicted octanol–water partition coefficient (Wildman–Crippen LogP) is 6.16. The van der Waals surface area contributed by atoms with Crippen LogP contribution < -0.4 is 0 Å². The Morgan fingerprint density at radius 1 is 1.09 bits per heavy atom. The lowest BCUT2D eigenvalue weighted by Gasteiger charge is -2.21. The molecule has 0 bridgehead atoms. The number of halogens is 4. The first-order valence-electron chi connectivity index (χ1n) is 10.5. The number of fused-ring (bicyclic) bond motifs is 3. The molecule has 3 heterocycles. The van der Waals surface area contributed by atoms with Crippen molar-refractivity contribution in [1.82, 2.24) is 14.5 Å². The molecular formula is C24H17F4N3O2S2. The molecule has 180 valence electrons. The molecule has 2 aromatic heterocycles. The lowest BCUT2D eigenvalue weighted by molar-refractivity contribution is -0.139. The van der Waals surface area contributed by atoms with E-state index in [-0.39, 0.29) is 32.7 Å². The van der Waals surface area contributed by atoms with E-state index in [9.17, 15) is 26.0 Å². The molecular weight excluding hydrogens is 502 g/mol. The molecule has 35 heavy (non-hydrogen) atoms. The largest absolute Gasteiger partial charge is 0.417 e. The van der Waals surface area contributed by atoms with Gasteiger partial charge in [-0.25, -0.2) is 17.8 Å². The number of hydrogen-bond donors (Lipinski definition) is 0. The fourth-order valence-corrected chi connectivity index (χ4v) is 6.10. The van der Waals surface area contributed by atoms with E-state index in [1.165, 1.54) is 55.7 Å². The van der Waals surface area contributed by atoms with Crippen LogP contribution in [0.5, 0.6) is 0 Å². The van der Waals surface area contributed by atoms with E-state index in [0.29, 0.717) is 22.6 Å². The van der Waals surface area contributed by atoms with Gasteiger partial charge in [0, 0.05) is 22.9 Å². The maximum absolute atomic E-state index is 13.5. The summed E-state index contributed by atoms with van der Waals surface area (Å²) in [5.74, 6) is 0.0653. The van der Waals surface area contributed by atoms with Crippen molar-refractivity contribution in [3.63, 3.8) is 0 Å². The molecule has 0 atom stereocenters. The number of nitrogens with zero attached hydrogens (tertiary/aromatic N) is 3. The standard InChI is InChI=1S/C24H17F4N3O2S2/c1-2-35(32,33)20-10-15(14-6-8-16(25)9-7-14)11-29-22(20)18-12-31-19-5-3-4-17(24(26,27)28)23(19)34-13-21(31)30-18/h3-12H,2,13H2,1H3. The highest BCUT2D eigenvalue weighted by Crippen LogP contribution is 2.44. The molecule has 0 fully saturated rings. The van der Waals surface area contributed by atoms with Gasteiger partial charge < -0.3 is 4.57 Å². The van der Waals surface area contributed by atoms with Crippen LogP contribution in [0.4, 0.5) is 17.6 Å². The molecule has 5 nitrogen and oxygen atoms in total. The van der Waals surface area contributed by atoms with E-state index in [1.807, 2.05) is 0 Å². The minimum Gasteiger partial charge on any atom is -0.301 e. The Morgan fingerprint density at radius 3 is 2.51 bits per heavy atom. The molecule has 5 rings (SSSR count). The van der Waals surface area contributed by atoms with Gasteiger partial charge >= 0.3 is 6.18 Å². The average molecular weight is 520 g/mol. The molecule has 0 spiro atoms. The Labute approximate surface area is 202 Å². The fraction of sp³-hybridized carbons (Fsp3) is 0.167. The number of hydrogen-bond acceptors (Lipinski definition) is 5. The summed E-state index contributed by atoms with van der Waals surface area (Å²) in [6, 6.07) is 11.0. The van der Waals surface area contributed by atoms with E-state index >= 15 is 0 Å². The van der Waals surface area contributed by atoms with E-state index in [0.717, 1.165) is 17.8 Å². The summed E-state index contributed by atoms with van der Waals surface area (Å²) in [6.07, 6.45) is -1.51. The maximum Gasteiger partial charge on any atom is 0.417 e. The van der Waals surface area contributed by atoms with Crippen LogP contribution in [0.2, 0.25) is 0 Å². The number of imidazole rings is 1. The number of rotatable bonds is 4. The number of sulfone groups is 1. The van der Waals surface area contributed by atoms with Crippen LogP contribution >= 0.6 is 11.8 Å².